The number of thiophene rings is 1. The molecule has 0 saturated heterocycles. The molecule has 0 amide bonds. The molecule has 1 aromatic heterocycles. The van der Waals surface area contributed by atoms with Crippen molar-refractivity contribution in [2.75, 3.05) is 7.05 Å². The van der Waals surface area contributed by atoms with Gasteiger partial charge in [-0.05, 0) is 50.6 Å². The molecule has 2 rings (SSSR count). The highest BCUT2D eigenvalue weighted by Gasteiger charge is 2.22. The topological polar surface area (TPSA) is 49.4 Å². The zero-order chi connectivity index (χ0) is 17.0. The van der Waals surface area contributed by atoms with Crippen molar-refractivity contribution in [3.63, 3.8) is 0 Å². The summed E-state index contributed by atoms with van der Waals surface area (Å²) in [5, 5.41) is 3.38. The Morgan fingerprint density at radius 3 is 2.26 bits per heavy atom. The molecule has 126 valence electrons. The van der Waals surface area contributed by atoms with Crippen molar-refractivity contribution in [1.82, 2.24) is 9.62 Å². The van der Waals surface area contributed by atoms with E-state index in [1.807, 2.05) is 26.0 Å². The summed E-state index contributed by atoms with van der Waals surface area (Å²) in [6.45, 7) is 7.37. The van der Waals surface area contributed by atoms with Crippen LogP contribution in [-0.4, -0.2) is 25.8 Å². The van der Waals surface area contributed by atoms with Crippen LogP contribution in [0.4, 0.5) is 0 Å². The first-order valence-corrected chi connectivity index (χ1v) is 9.89. The van der Waals surface area contributed by atoms with Crippen molar-refractivity contribution in [1.29, 1.82) is 0 Å². The van der Waals surface area contributed by atoms with Crippen LogP contribution in [0.1, 0.15) is 29.2 Å². The first-order chi connectivity index (χ1) is 10.8. The van der Waals surface area contributed by atoms with Gasteiger partial charge in [-0.3, -0.25) is 0 Å². The van der Waals surface area contributed by atoms with E-state index in [0.29, 0.717) is 4.90 Å². The average Bonchev–Trinajstić information content (AvgIpc) is 2.92. The summed E-state index contributed by atoms with van der Waals surface area (Å²) in [5.41, 5.74) is 1.07. The van der Waals surface area contributed by atoms with E-state index >= 15 is 0 Å². The number of hydrogen-bond donors (Lipinski definition) is 1. The Kier molecular flexibility index (Phi) is 5.97. The molecule has 1 N–H and O–H groups in total. The van der Waals surface area contributed by atoms with E-state index in [4.69, 9.17) is 0 Å². The summed E-state index contributed by atoms with van der Waals surface area (Å²) in [6, 6.07) is 11.3. The van der Waals surface area contributed by atoms with Crippen LogP contribution in [0.5, 0.6) is 0 Å². The van der Waals surface area contributed by atoms with Crippen LogP contribution in [0, 0.1) is 6.92 Å². The minimum Gasteiger partial charge on any atom is -0.308 e. The Morgan fingerprint density at radius 2 is 1.74 bits per heavy atom. The number of nitrogens with zero attached hydrogens (tertiary/aromatic N) is 1. The summed E-state index contributed by atoms with van der Waals surface area (Å²) in [6.07, 6.45) is 0. The highest BCUT2D eigenvalue weighted by atomic mass is 32.2. The fourth-order valence-electron chi connectivity index (χ4n) is 2.13. The molecule has 2 aromatic rings. The molecule has 0 fully saturated rings. The van der Waals surface area contributed by atoms with E-state index in [9.17, 15) is 8.42 Å². The molecule has 0 aliphatic heterocycles. The monoisotopic (exact) mass is 352 g/mol. The quantitative estimate of drug-likeness (QED) is 0.831. The maximum absolute atomic E-state index is 12.4. The molecule has 0 spiro atoms. The number of sulfonamides is 1. The number of rotatable bonds is 7. The standard InChI is InChI=1S/C17H24N2O2S2/c1-13(2)19(4)23(20,21)17-9-6-15(7-10-17)11-18-12-16-8-5-14(3)22-16/h5-10,13,18H,11-12H2,1-4H3. The van der Waals surface area contributed by atoms with E-state index in [1.54, 1.807) is 30.5 Å². The molecule has 6 heteroatoms. The highest BCUT2D eigenvalue weighted by molar-refractivity contribution is 7.89. The Labute approximate surface area is 143 Å². The molecule has 23 heavy (non-hydrogen) atoms. The first-order valence-electron chi connectivity index (χ1n) is 7.63. The van der Waals surface area contributed by atoms with Gasteiger partial charge in [0.05, 0.1) is 4.90 Å². The molecule has 0 aliphatic carbocycles. The van der Waals surface area contributed by atoms with E-state index in [2.05, 4.69) is 24.4 Å². The molecule has 0 aliphatic rings. The van der Waals surface area contributed by atoms with E-state index in [-0.39, 0.29) is 6.04 Å². The third kappa shape index (κ3) is 4.64. The molecule has 0 atom stereocenters. The van der Waals surface area contributed by atoms with E-state index in [1.165, 1.54) is 14.1 Å². The maximum Gasteiger partial charge on any atom is 0.243 e. The van der Waals surface area contributed by atoms with Crippen LogP contribution in [0.3, 0.4) is 0 Å². The van der Waals surface area contributed by atoms with Crippen LogP contribution in [0.15, 0.2) is 41.3 Å². The first kappa shape index (κ1) is 18.1. The molecule has 1 heterocycles. The van der Waals surface area contributed by atoms with Crippen molar-refractivity contribution in [3.8, 4) is 0 Å². The van der Waals surface area contributed by atoms with Crippen molar-refractivity contribution < 1.29 is 8.42 Å². The molecule has 0 saturated carbocycles. The van der Waals surface area contributed by atoms with Crippen molar-refractivity contribution in [2.45, 2.75) is 44.8 Å². The molecule has 0 unspecified atom stereocenters. The highest BCUT2D eigenvalue weighted by Crippen LogP contribution is 2.18. The van der Waals surface area contributed by atoms with Gasteiger partial charge in [-0.2, -0.15) is 4.31 Å². The maximum atomic E-state index is 12.4. The second-order valence-electron chi connectivity index (χ2n) is 5.87. The van der Waals surface area contributed by atoms with Gasteiger partial charge in [0.2, 0.25) is 10.0 Å². The zero-order valence-electron chi connectivity index (χ0n) is 14.0. The third-order valence-electron chi connectivity index (χ3n) is 3.75. The van der Waals surface area contributed by atoms with Gasteiger partial charge in [-0.15, -0.1) is 11.3 Å². The fraction of sp³-hybridized carbons (Fsp3) is 0.412. The lowest BCUT2D eigenvalue weighted by molar-refractivity contribution is 0.410. The Hall–Kier alpha value is -1.21. The lowest BCUT2D eigenvalue weighted by Gasteiger charge is -2.21. The smallest absolute Gasteiger partial charge is 0.243 e. The third-order valence-corrected chi connectivity index (χ3v) is 6.80. The van der Waals surface area contributed by atoms with Gasteiger partial charge in [0.15, 0.2) is 0 Å². The van der Waals surface area contributed by atoms with Gasteiger partial charge in [0.1, 0.15) is 0 Å². The average molecular weight is 353 g/mol. The van der Waals surface area contributed by atoms with Crippen LogP contribution >= 0.6 is 11.3 Å². The van der Waals surface area contributed by atoms with Crippen molar-refractivity contribution in [3.05, 3.63) is 51.7 Å². The molecule has 0 radical (unpaired) electrons. The SMILES string of the molecule is Cc1ccc(CNCc2ccc(S(=O)(=O)N(C)C(C)C)cc2)s1. The molecular formula is C17H24N2O2S2. The van der Waals surface area contributed by atoms with Gasteiger partial charge in [0.25, 0.3) is 0 Å². The van der Waals surface area contributed by atoms with Gasteiger partial charge in [0, 0.05) is 35.9 Å². The normalized spacial score (nSPS) is 12.3. The number of nitrogens with one attached hydrogen (secondary N) is 1. The van der Waals surface area contributed by atoms with E-state index < -0.39 is 10.0 Å². The minimum absolute atomic E-state index is 0.0596. The number of aryl methyl sites for hydroxylation is 1. The Balaban J connectivity index is 1.96. The van der Waals surface area contributed by atoms with Crippen LogP contribution < -0.4 is 5.32 Å². The fourth-order valence-corrected chi connectivity index (χ4v) is 4.36. The molecule has 1 aromatic carbocycles. The van der Waals surface area contributed by atoms with Crippen molar-refractivity contribution >= 4 is 21.4 Å². The second-order valence-corrected chi connectivity index (χ2v) is 9.24. The summed E-state index contributed by atoms with van der Waals surface area (Å²) in [5.74, 6) is 0. The summed E-state index contributed by atoms with van der Waals surface area (Å²) >= 11 is 1.79. The summed E-state index contributed by atoms with van der Waals surface area (Å²) in [4.78, 5) is 2.96. The molecule has 0 bridgehead atoms. The van der Waals surface area contributed by atoms with Crippen molar-refractivity contribution in [2.24, 2.45) is 0 Å². The lowest BCUT2D eigenvalue weighted by atomic mass is 10.2. The minimum atomic E-state index is -3.40. The predicted molar refractivity (Wildman–Crippen MR) is 96.1 cm³/mol. The van der Waals surface area contributed by atoms with Gasteiger partial charge < -0.3 is 5.32 Å². The lowest BCUT2D eigenvalue weighted by Crippen LogP contribution is -2.33. The molecule has 4 nitrogen and oxygen atoms in total. The van der Waals surface area contributed by atoms with Crippen LogP contribution in [-0.2, 0) is 23.1 Å². The Bertz CT molecular complexity index is 734. The van der Waals surface area contributed by atoms with Crippen LogP contribution in [0.25, 0.3) is 0 Å². The molecular weight excluding hydrogens is 328 g/mol. The number of hydrogen-bond acceptors (Lipinski definition) is 4. The van der Waals surface area contributed by atoms with Gasteiger partial charge in [-0.25, -0.2) is 8.42 Å². The van der Waals surface area contributed by atoms with E-state index in [0.717, 1.165) is 18.7 Å². The predicted octanol–water partition coefficient (Wildman–Crippen LogP) is 3.38. The summed E-state index contributed by atoms with van der Waals surface area (Å²) in [7, 11) is -1.79. The zero-order valence-corrected chi connectivity index (χ0v) is 15.7. The van der Waals surface area contributed by atoms with Gasteiger partial charge in [-0.1, -0.05) is 12.1 Å². The Morgan fingerprint density at radius 1 is 1.09 bits per heavy atom. The largest absolute Gasteiger partial charge is 0.308 e. The number of benzene rings is 1. The second kappa shape index (κ2) is 7.57. The summed E-state index contributed by atoms with van der Waals surface area (Å²) < 4.78 is 26.2. The van der Waals surface area contributed by atoms with Crippen LogP contribution in [0.2, 0.25) is 0 Å². The van der Waals surface area contributed by atoms with Gasteiger partial charge >= 0.3 is 0 Å².